The van der Waals surface area contributed by atoms with Gasteiger partial charge in [-0.15, -0.1) is 0 Å². The average Bonchev–Trinajstić information content (AvgIpc) is 2.77. The summed E-state index contributed by atoms with van der Waals surface area (Å²) in [5, 5.41) is 9.37. The number of amides is 1. The lowest BCUT2D eigenvalue weighted by Gasteiger charge is -2.09. The van der Waals surface area contributed by atoms with Gasteiger partial charge in [-0.1, -0.05) is 6.92 Å². The van der Waals surface area contributed by atoms with E-state index in [1.165, 1.54) is 0 Å². The summed E-state index contributed by atoms with van der Waals surface area (Å²) in [6.45, 7) is 3.36. The molecular weight excluding hydrogens is 204 g/mol. The maximum atomic E-state index is 11.5. The van der Waals surface area contributed by atoms with Gasteiger partial charge in [0.05, 0.1) is 6.20 Å². The maximum Gasteiger partial charge on any atom is 0.220 e. The van der Waals surface area contributed by atoms with Crippen molar-refractivity contribution in [2.24, 2.45) is 11.7 Å². The molecule has 1 aromatic rings. The van der Waals surface area contributed by atoms with Crippen molar-refractivity contribution in [3.05, 3.63) is 18.0 Å². The van der Waals surface area contributed by atoms with E-state index in [2.05, 4.69) is 22.4 Å². The first kappa shape index (κ1) is 12.7. The van der Waals surface area contributed by atoms with Crippen LogP contribution < -0.4 is 11.1 Å². The summed E-state index contributed by atoms with van der Waals surface area (Å²) in [4.78, 5) is 11.5. The summed E-state index contributed by atoms with van der Waals surface area (Å²) in [6, 6.07) is 0. The molecule has 1 unspecified atom stereocenters. The third-order valence-corrected chi connectivity index (χ3v) is 2.57. The number of rotatable bonds is 7. The molecule has 5 nitrogen and oxygen atoms in total. The molecule has 1 rings (SSSR count). The van der Waals surface area contributed by atoms with E-state index < -0.39 is 0 Å². The van der Waals surface area contributed by atoms with Crippen LogP contribution in [0.15, 0.2) is 12.4 Å². The molecule has 4 N–H and O–H groups in total. The average molecular weight is 224 g/mol. The number of carbonyl (C=O) groups is 1. The van der Waals surface area contributed by atoms with Crippen molar-refractivity contribution in [1.29, 1.82) is 0 Å². The molecule has 5 heteroatoms. The zero-order chi connectivity index (χ0) is 11.8. The van der Waals surface area contributed by atoms with Gasteiger partial charge in [-0.05, 0) is 25.3 Å². The van der Waals surface area contributed by atoms with Crippen LogP contribution in [0.4, 0.5) is 0 Å². The molecule has 0 radical (unpaired) electrons. The van der Waals surface area contributed by atoms with Crippen LogP contribution in [0.1, 0.15) is 31.7 Å². The van der Waals surface area contributed by atoms with Crippen molar-refractivity contribution in [3.8, 4) is 0 Å². The fourth-order valence-corrected chi connectivity index (χ4v) is 1.47. The van der Waals surface area contributed by atoms with E-state index in [-0.39, 0.29) is 5.91 Å². The molecular formula is C11H20N4O. The highest BCUT2D eigenvalue weighted by Crippen LogP contribution is 2.08. The number of H-pyrrole nitrogens is 1. The number of nitrogens with one attached hydrogen (secondary N) is 2. The van der Waals surface area contributed by atoms with E-state index in [9.17, 15) is 4.79 Å². The lowest BCUT2D eigenvalue weighted by molar-refractivity contribution is -0.121. The number of nitrogens with zero attached hydrogens (tertiary/aromatic N) is 1. The van der Waals surface area contributed by atoms with Gasteiger partial charge in [-0.25, -0.2) is 0 Å². The van der Waals surface area contributed by atoms with Crippen molar-refractivity contribution < 1.29 is 4.79 Å². The Balaban J connectivity index is 2.11. The molecule has 1 atom stereocenters. The van der Waals surface area contributed by atoms with E-state index in [4.69, 9.17) is 5.73 Å². The highest BCUT2D eigenvalue weighted by molar-refractivity contribution is 5.75. The minimum absolute atomic E-state index is 0.0880. The summed E-state index contributed by atoms with van der Waals surface area (Å²) in [7, 11) is 0. The van der Waals surface area contributed by atoms with Gasteiger partial charge in [0.15, 0.2) is 0 Å². The molecule has 0 saturated carbocycles. The van der Waals surface area contributed by atoms with Crippen LogP contribution in [0, 0.1) is 5.92 Å². The van der Waals surface area contributed by atoms with Crippen molar-refractivity contribution in [1.82, 2.24) is 15.5 Å². The molecule has 1 heterocycles. The lowest BCUT2D eigenvalue weighted by atomic mass is 10.0. The summed E-state index contributed by atoms with van der Waals surface area (Å²) >= 11 is 0. The second-order valence-electron chi connectivity index (χ2n) is 4.10. The summed E-state index contributed by atoms with van der Waals surface area (Å²) in [5.41, 5.74) is 6.44. The van der Waals surface area contributed by atoms with Gasteiger partial charge in [-0.3, -0.25) is 9.89 Å². The number of nitrogens with two attached hydrogens (primary N) is 1. The molecule has 0 saturated heterocycles. The van der Waals surface area contributed by atoms with Gasteiger partial charge in [0.2, 0.25) is 5.91 Å². The van der Waals surface area contributed by atoms with E-state index in [1.807, 2.05) is 0 Å². The summed E-state index contributed by atoms with van der Waals surface area (Å²) in [5.74, 6) is 0.606. The lowest BCUT2D eigenvalue weighted by Crippen LogP contribution is -2.23. The first-order valence-electron chi connectivity index (χ1n) is 5.66. The van der Waals surface area contributed by atoms with Gasteiger partial charge in [0.1, 0.15) is 0 Å². The van der Waals surface area contributed by atoms with E-state index >= 15 is 0 Å². The second kappa shape index (κ2) is 7.00. The predicted molar refractivity (Wildman–Crippen MR) is 62.5 cm³/mol. The molecule has 0 spiro atoms. The van der Waals surface area contributed by atoms with E-state index in [1.54, 1.807) is 12.4 Å². The molecule has 0 aliphatic rings. The molecule has 0 aliphatic heterocycles. The van der Waals surface area contributed by atoms with Crippen LogP contribution in [0.2, 0.25) is 0 Å². The standard InChI is InChI=1S/C11H20N4O/c1-9(4-5-12)2-3-11(16)13-6-10-7-14-15-8-10/h7-9H,2-6,12H2,1H3,(H,13,16)(H,14,15). The minimum atomic E-state index is 0.0880. The molecule has 90 valence electrons. The number of aromatic amines is 1. The van der Waals surface area contributed by atoms with Gasteiger partial charge in [-0.2, -0.15) is 5.10 Å². The third kappa shape index (κ3) is 4.93. The fourth-order valence-electron chi connectivity index (χ4n) is 1.47. The highest BCUT2D eigenvalue weighted by Gasteiger charge is 2.06. The summed E-state index contributed by atoms with van der Waals surface area (Å²) < 4.78 is 0. The number of hydrogen-bond acceptors (Lipinski definition) is 3. The molecule has 1 aromatic heterocycles. The van der Waals surface area contributed by atoms with Crippen molar-refractivity contribution in [3.63, 3.8) is 0 Å². The molecule has 0 aromatic carbocycles. The van der Waals surface area contributed by atoms with Crippen LogP contribution in [0.3, 0.4) is 0 Å². The zero-order valence-electron chi connectivity index (χ0n) is 9.70. The van der Waals surface area contributed by atoms with Gasteiger partial charge >= 0.3 is 0 Å². The predicted octanol–water partition coefficient (Wildman–Crippen LogP) is 0.791. The van der Waals surface area contributed by atoms with E-state index in [0.29, 0.717) is 25.4 Å². The molecule has 0 bridgehead atoms. The quantitative estimate of drug-likeness (QED) is 0.640. The van der Waals surface area contributed by atoms with Crippen molar-refractivity contribution >= 4 is 5.91 Å². The zero-order valence-corrected chi connectivity index (χ0v) is 9.70. The van der Waals surface area contributed by atoms with Crippen molar-refractivity contribution in [2.45, 2.75) is 32.7 Å². The number of aromatic nitrogens is 2. The third-order valence-electron chi connectivity index (χ3n) is 2.57. The smallest absolute Gasteiger partial charge is 0.220 e. The van der Waals surface area contributed by atoms with Gasteiger partial charge < -0.3 is 11.1 Å². The Morgan fingerprint density at radius 1 is 1.62 bits per heavy atom. The Labute approximate surface area is 95.8 Å². The number of carbonyl (C=O) groups excluding carboxylic acids is 1. The Bertz CT molecular complexity index is 297. The highest BCUT2D eigenvalue weighted by atomic mass is 16.1. The topological polar surface area (TPSA) is 83.8 Å². The normalized spacial score (nSPS) is 12.4. The summed E-state index contributed by atoms with van der Waals surface area (Å²) in [6.07, 6.45) is 5.93. The first-order chi connectivity index (χ1) is 7.72. The van der Waals surface area contributed by atoms with Crippen LogP contribution in [0.5, 0.6) is 0 Å². The molecule has 0 fully saturated rings. The second-order valence-corrected chi connectivity index (χ2v) is 4.10. The van der Waals surface area contributed by atoms with Crippen LogP contribution in [-0.2, 0) is 11.3 Å². The Kier molecular flexibility index (Phi) is 5.56. The minimum Gasteiger partial charge on any atom is -0.352 e. The van der Waals surface area contributed by atoms with Gasteiger partial charge in [0, 0.05) is 24.7 Å². The SMILES string of the molecule is CC(CCN)CCC(=O)NCc1cn[nH]c1. The first-order valence-corrected chi connectivity index (χ1v) is 5.66. The van der Waals surface area contributed by atoms with Crippen molar-refractivity contribution in [2.75, 3.05) is 6.54 Å². The van der Waals surface area contributed by atoms with Crippen LogP contribution >= 0.6 is 0 Å². The largest absolute Gasteiger partial charge is 0.352 e. The fraction of sp³-hybridized carbons (Fsp3) is 0.636. The monoisotopic (exact) mass is 224 g/mol. The van der Waals surface area contributed by atoms with Gasteiger partial charge in [0.25, 0.3) is 0 Å². The molecule has 16 heavy (non-hydrogen) atoms. The van der Waals surface area contributed by atoms with Crippen LogP contribution in [-0.4, -0.2) is 22.6 Å². The molecule has 1 amide bonds. The van der Waals surface area contributed by atoms with Crippen LogP contribution in [0.25, 0.3) is 0 Å². The Morgan fingerprint density at radius 2 is 2.44 bits per heavy atom. The molecule has 0 aliphatic carbocycles. The van der Waals surface area contributed by atoms with E-state index in [0.717, 1.165) is 18.4 Å². The Morgan fingerprint density at radius 3 is 3.06 bits per heavy atom. The number of hydrogen-bond donors (Lipinski definition) is 3. The Hall–Kier alpha value is -1.36. The maximum absolute atomic E-state index is 11.5.